The molecule has 1 atom stereocenters. The molecule has 0 aliphatic heterocycles. The van der Waals surface area contributed by atoms with Crippen molar-refractivity contribution < 1.29 is 0 Å². The molecular formula is C14H23N2. The molecule has 0 aliphatic rings. The highest BCUT2D eigenvalue weighted by Crippen LogP contribution is 2.00. The molecule has 0 amide bonds. The highest BCUT2D eigenvalue weighted by molar-refractivity contribution is 5.14. The van der Waals surface area contributed by atoms with E-state index in [2.05, 4.69) is 61.4 Å². The predicted molar refractivity (Wildman–Crippen MR) is 69.7 cm³/mol. The van der Waals surface area contributed by atoms with Gasteiger partial charge >= 0.3 is 0 Å². The summed E-state index contributed by atoms with van der Waals surface area (Å²) in [5, 5.41) is 6.93. The minimum absolute atomic E-state index is 0.394. The molecule has 0 aliphatic carbocycles. The predicted octanol–water partition coefficient (Wildman–Crippen LogP) is 3.06. The average Bonchev–Trinajstić information content (AvgIpc) is 2.34. The van der Waals surface area contributed by atoms with Crippen molar-refractivity contribution in [3.05, 3.63) is 42.4 Å². The second-order valence-electron chi connectivity index (χ2n) is 3.99. The second-order valence-corrected chi connectivity index (χ2v) is 3.99. The van der Waals surface area contributed by atoms with E-state index >= 15 is 0 Å². The molecule has 0 fully saturated rings. The summed E-state index contributed by atoms with van der Waals surface area (Å²) in [4.78, 5) is 0. The quantitative estimate of drug-likeness (QED) is 0.657. The van der Waals surface area contributed by atoms with Crippen LogP contribution in [-0.2, 0) is 6.54 Å². The van der Waals surface area contributed by atoms with Crippen molar-refractivity contribution >= 4 is 0 Å². The van der Waals surface area contributed by atoms with Crippen molar-refractivity contribution in [2.45, 2.75) is 45.8 Å². The number of hydrogen-bond acceptors (Lipinski definition) is 2. The summed E-state index contributed by atoms with van der Waals surface area (Å²) in [5.41, 5.74) is 1.34. The van der Waals surface area contributed by atoms with Crippen molar-refractivity contribution in [2.24, 2.45) is 0 Å². The van der Waals surface area contributed by atoms with Gasteiger partial charge in [0.2, 0.25) is 0 Å². The summed E-state index contributed by atoms with van der Waals surface area (Å²) in [5.74, 6) is 0. The lowest BCUT2D eigenvalue weighted by molar-refractivity contribution is 0.419. The lowest BCUT2D eigenvalue weighted by Gasteiger charge is -2.19. The van der Waals surface area contributed by atoms with Gasteiger partial charge in [-0.3, -0.25) is 10.6 Å². The molecule has 16 heavy (non-hydrogen) atoms. The summed E-state index contributed by atoms with van der Waals surface area (Å²) in [6.45, 7) is 7.41. The fraction of sp³-hybridized carbons (Fsp3) is 0.500. The van der Waals surface area contributed by atoms with E-state index < -0.39 is 0 Å². The first-order valence-corrected chi connectivity index (χ1v) is 6.21. The monoisotopic (exact) mass is 219 g/mol. The van der Waals surface area contributed by atoms with Gasteiger partial charge in [0, 0.05) is 13.1 Å². The standard InChI is InChI=1S/C14H23N2/c1-3-8-14(15-11-4-2)16-12-13-9-6-5-7-10-13/h5-7,9-11,14-16H,3-4,8,12H2,1-2H3. The van der Waals surface area contributed by atoms with Crippen molar-refractivity contribution in [1.29, 1.82) is 0 Å². The summed E-state index contributed by atoms with van der Waals surface area (Å²) in [6.07, 6.45) is 3.80. The van der Waals surface area contributed by atoms with E-state index in [1.807, 2.05) is 0 Å². The Labute approximate surface area is 99.5 Å². The van der Waals surface area contributed by atoms with E-state index in [9.17, 15) is 0 Å². The van der Waals surface area contributed by atoms with Gasteiger partial charge in [-0.25, -0.2) is 0 Å². The van der Waals surface area contributed by atoms with Crippen LogP contribution in [-0.4, -0.2) is 6.17 Å². The first kappa shape index (κ1) is 13.2. The van der Waals surface area contributed by atoms with Gasteiger partial charge in [0.05, 0.1) is 6.17 Å². The van der Waals surface area contributed by atoms with E-state index in [0.717, 1.165) is 19.4 Å². The van der Waals surface area contributed by atoms with E-state index in [1.165, 1.54) is 12.0 Å². The van der Waals surface area contributed by atoms with Crippen LogP contribution in [0.5, 0.6) is 0 Å². The zero-order chi connectivity index (χ0) is 11.6. The Morgan fingerprint density at radius 1 is 1.19 bits per heavy atom. The van der Waals surface area contributed by atoms with E-state index in [1.54, 1.807) is 0 Å². The summed E-state index contributed by atoms with van der Waals surface area (Å²) in [7, 11) is 0. The van der Waals surface area contributed by atoms with Gasteiger partial charge in [-0.2, -0.15) is 0 Å². The second kappa shape index (κ2) is 8.31. The van der Waals surface area contributed by atoms with Crippen LogP contribution in [0, 0.1) is 6.54 Å². The van der Waals surface area contributed by atoms with Crippen LogP contribution in [0.25, 0.3) is 0 Å². The molecule has 1 rings (SSSR count). The van der Waals surface area contributed by atoms with Crippen molar-refractivity contribution in [3.8, 4) is 0 Å². The van der Waals surface area contributed by atoms with Crippen molar-refractivity contribution in [1.82, 2.24) is 10.6 Å². The normalized spacial score (nSPS) is 12.6. The van der Waals surface area contributed by atoms with Gasteiger partial charge in [0.1, 0.15) is 0 Å². The largest absolute Gasteiger partial charge is 0.298 e. The van der Waals surface area contributed by atoms with Gasteiger partial charge in [-0.05, 0) is 18.4 Å². The molecule has 1 aromatic carbocycles. The molecule has 1 unspecified atom stereocenters. The van der Waals surface area contributed by atoms with E-state index in [-0.39, 0.29) is 0 Å². The van der Waals surface area contributed by atoms with Gasteiger partial charge < -0.3 is 0 Å². The lowest BCUT2D eigenvalue weighted by Crippen LogP contribution is -2.40. The minimum Gasteiger partial charge on any atom is -0.298 e. The van der Waals surface area contributed by atoms with Crippen LogP contribution in [0.15, 0.2) is 30.3 Å². The fourth-order valence-corrected chi connectivity index (χ4v) is 1.63. The van der Waals surface area contributed by atoms with Crippen LogP contribution in [0.1, 0.15) is 38.7 Å². The molecule has 0 bridgehead atoms. The summed E-state index contributed by atoms with van der Waals surface area (Å²) >= 11 is 0. The Hall–Kier alpha value is -0.860. The van der Waals surface area contributed by atoms with Crippen molar-refractivity contribution in [3.63, 3.8) is 0 Å². The third-order valence-electron chi connectivity index (χ3n) is 2.50. The molecule has 1 radical (unpaired) electrons. The van der Waals surface area contributed by atoms with E-state index in [4.69, 9.17) is 0 Å². The summed E-state index contributed by atoms with van der Waals surface area (Å²) < 4.78 is 0. The Balaban J connectivity index is 2.31. The highest BCUT2D eigenvalue weighted by atomic mass is 15.1. The van der Waals surface area contributed by atoms with E-state index in [0.29, 0.717) is 6.17 Å². The molecule has 0 saturated carbocycles. The lowest BCUT2D eigenvalue weighted by atomic mass is 10.2. The molecule has 2 heteroatoms. The minimum atomic E-state index is 0.394. The Bertz CT molecular complexity index is 259. The van der Waals surface area contributed by atoms with Crippen LogP contribution in [0.2, 0.25) is 0 Å². The molecule has 1 aromatic rings. The van der Waals surface area contributed by atoms with Crippen molar-refractivity contribution in [2.75, 3.05) is 0 Å². The van der Waals surface area contributed by atoms with Crippen LogP contribution in [0.3, 0.4) is 0 Å². The van der Waals surface area contributed by atoms with Gasteiger partial charge in [-0.1, -0.05) is 50.6 Å². The van der Waals surface area contributed by atoms with Gasteiger partial charge in [0.15, 0.2) is 0 Å². The number of nitrogens with one attached hydrogen (secondary N) is 2. The van der Waals surface area contributed by atoms with Crippen LogP contribution >= 0.6 is 0 Å². The Morgan fingerprint density at radius 2 is 1.94 bits per heavy atom. The molecular weight excluding hydrogens is 196 g/mol. The molecule has 0 saturated heterocycles. The zero-order valence-corrected chi connectivity index (χ0v) is 10.4. The zero-order valence-electron chi connectivity index (χ0n) is 10.4. The third-order valence-corrected chi connectivity index (χ3v) is 2.50. The first-order valence-electron chi connectivity index (χ1n) is 6.21. The smallest absolute Gasteiger partial charge is 0.0576 e. The van der Waals surface area contributed by atoms with Crippen LogP contribution in [0.4, 0.5) is 0 Å². The fourth-order valence-electron chi connectivity index (χ4n) is 1.63. The Morgan fingerprint density at radius 3 is 2.56 bits per heavy atom. The number of hydrogen-bond donors (Lipinski definition) is 2. The maximum absolute atomic E-state index is 3.53. The summed E-state index contributed by atoms with van der Waals surface area (Å²) in [6, 6.07) is 10.5. The third kappa shape index (κ3) is 5.29. The van der Waals surface area contributed by atoms with Crippen LogP contribution < -0.4 is 10.6 Å². The molecule has 89 valence electrons. The van der Waals surface area contributed by atoms with Gasteiger partial charge in [-0.15, -0.1) is 0 Å². The molecule has 2 nitrogen and oxygen atoms in total. The highest BCUT2D eigenvalue weighted by Gasteiger charge is 2.04. The topological polar surface area (TPSA) is 24.1 Å². The molecule has 2 N–H and O–H groups in total. The molecule has 0 heterocycles. The molecule has 0 spiro atoms. The van der Waals surface area contributed by atoms with Gasteiger partial charge in [0.25, 0.3) is 0 Å². The number of rotatable bonds is 8. The number of benzene rings is 1. The molecule has 0 aromatic heterocycles. The average molecular weight is 219 g/mol. The Kier molecular flexibility index (Phi) is 6.86. The SMILES string of the molecule is CC[CH]NC(CCC)NCc1ccccc1. The maximum Gasteiger partial charge on any atom is 0.0576 e. The maximum atomic E-state index is 3.53. The first-order chi connectivity index (χ1) is 7.86.